The normalized spacial score (nSPS) is 21.4. The highest BCUT2D eigenvalue weighted by atomic mass is 16.5. The van der Waals surface area contributed by atoms with Gasteiger partial charge in [-0.05, 0) is 58.2 Å². The van der Waals surface area contributed by atoms with E-state index in [0.717, 1.165) is 33.5 Å². The number of allylic oxidation sites excluding steroid dienone is 3. The third-order valence-electron chi connectivity index (χ3n) is 8.17. The second kappa shape index (κ2) is 10.7. The molecule has 1 atom stereocenters. The van der Waals surface area contributed by atoms with Gasteiger partial charge in [-0.25, -0.2) is 4.79 Å². The zero-order chi connectivity index (χ0) is 27.8. The number of carbonyl (C=O) groups is 2. The summed E-state index contributed by atoms with van der Waals surface area (Å²) in [4.78, 5) is 33.0. The lowest BCUT2D eigenvalue weighted by molar-refractivity contribution is 0.0575. The average Bonchev–Trinajstić information content (AvgIpc) is 2.98. The van der Waals surface area contributed by atoms with Crippen LogP contribution >= 0.6 is 0 Å². The third-order valence-corrected chi connectivity index (χ3v) is 8.17. The molecule has 7 heteroatoms. The molecule has 0 radical (unpaired) electrons. The van der Waals surface area contributed by atoms with Crippen LogP contribution < -0.4 is 0 Å². The lowest BCUT2D eigenvalue weighted by Crippen LogP contribution is -2.54. The van der Waals surface area contributed by atoms with E-state index in [4.69, 9.17) is 9.47 Å². The van der Waals surface area contributed by atoms with Crippen molar-refractivity contribution in [2.75, 3.05) is 40.4 Å². The van der Waals surface area contributed by atoms with Gasteiger partial charge < -0.3 is 19.3 Å². The fraction of sp³-hybridized carbons (Fsp3) is 0.484. The predicted molar refractivity (Wildman–Crippen MR) is 149 cm³/mol. The summed E-state index contributed by atoms with van der Waals surface area (Å²) in [5.41, 5.74) is 5.65. The van der Waals surface area contributed by atoms with Gasteiger partial charge in [0.1, 0.15) is 11.5 Å². The van der Waals surface area contributed by atoms with Gasteiger partial charge in [0.15, 0.2) is 0 Å². The largest absolute Gasteiger partial charge is 0.497 e. The molecule has 0 bridgehead atoms. The lowest BCUT2D eigenvalue weighted by Gasteiger charge is -2.44. The number of ether oxygens (including phenoxy) is 2. The van der Waals surface area contributed by atoms with Gasteiger partial charge in [-0.2, -0.15) is 0 Å². The molecule has 0 aromatic heterocycles. The quantitative estimate of drug-likeness (QED) is 0.364. The molecule has 7 nitrogen and oxygen atoms in total. The van der Waals surface area contributed by atoms with Crippen LogP contribution in [0, 0.1) is 19.8 Å². The standard InChI is InChI=1S/C31H41N3O4/c1-9-34-30(36)33-19-23(5)28(26(38-8)18-24(6)37-7)22(4)17-27(33)31(34)10-12-32(13-11-31)29(35)25-15-20(2)14-21(3)16-25/h14-18,22H,6,9-13,19H2,1-5,7-8H3. The molecule has 0 aliphatic carbocycles. The van der Waals surface area contributed by atoms with E-state index < -0.39 is 5.54 Å². The molecule has 2 saturated heterocycles. The second-order valence-corrected chi connectivity index (χ2v) is 10.7. The summed E-state index contributed by atoms with van der Waals surface area (Å²) < 4.78 is 11.0. The zero-order valence-corrected chi connectivity index (χ0v) is 23.9. The molecule has 4 rings (SSSR count). The predicted octanol–water partition coefficient (Wildman–Crippen LogP) is 5.58. The van der Waals surface area contributed by atoms with Gasteiger partial charge in [-0.3, -0.25) is 9.69 Å². The van der Waals surface area contributed by atoms with Crippen LogP contribution in [0.4, 0.5) is 4.79 Å². The number of benzene rings is 1. The number of amides is 3. The Balaban J connectivity index is 1.66. The summed E-state index contributed by atoms with van der Waals surface area (Å²) in [6.07, 6.45) is 5.44. The highest BCUT2D eigenvalue weighted by molar-refractivity contribution is 5.95. The molecule has 1 unspecified atom stereocenters. The van der Waals surface area contributed by atoms with E-state index in [1.54, 1.807) is 20.3 Å². The number of rotatable bonds is 6. The Morgan fingerprint density at radius 1 is 1.11 bits per heavy atom. The number of urea groups is 1. The number of likely N-dealkylation sites (tertiary alicyclic amines) is 1. The van der Waals surface area contributed by atoms with Gasteiger partial charge >= 0.3 is 6.03 Å². The minimum atomic E-state index is -0.428. The third kappa shape index (κ3) is 4.74. The summed E-state index contributed by atoms with van der Waals surface area (Å²) in [5, 5.41) is 0. The Labute approximate surface area is 227 Å². The maximum Gasteiger partial charge on any atom is 0.325 e. The molecule has 38 heavy (non-hydrogen) atoms. The van der Waals surface area contributed by atoms with Crippen molar-refractivity contribution in [1.82, 2.24) is 14.7 Å². The number of likely N-dealkylation sites (N-methyl/N-ethyl adjacent to an activating group) is 1. The van der Waals surface area contributed by atoms with E-state index in [1.807, 2.05) is 47.6 Å². The monoisotopic (exact) mass is 519 g/mol. The summed E-state index contributed by atoms with van der Waals surface area (Å²) in [7, 11) is 3.23. The lowest BCUT2D eigenvalue weighted by atomic mass is 9.81. The van der Waals surface area contributed by atoms with E-state index in [0.29, 0.717) is 50.5 Å². The van der Waals surface area contributed by atoms with Gasteiger partial charge in [-0.15, -0.1) is 0 Å². The first kappa shape index (κ1) is 27.6. The van der Waals surface area contributed by atoms with E-state index in [2.05, 4.69) is 32.6 Å². The highest BCUT2D eigenvalue weighted by Gasteiger charge is 2.55. The number of hydrogen-bond acceptors (Lipinski definition) is 4. The van der Waals surface area contributed by atoms with Crippen molar-refractivity contribution in [3.63, 3.8) is 0 Å². The van der Waals surface area contributed by atoms with E-state index in [-0.39, 0.29) is 17.9 Å². The minimum absolute atomic E-state index is 0.0160. The first-order chi connectivity index (χ1) is 18.1. The van der Waals surface area contributed by atoms with Crippen molar-refractivity contribution in [1.29, 1.82) is 0 Å². The Bertz CT molecular complexity index is 1210. The SMILES string of the molecule is C=C(C=C(OC)C1=C(C)CN2C(=O)N(CC)C3(CCN(C(=O)c4cc(C)cc(C)c4)CC3)C2=CC1C)OC. The number of methoxy groups -OCH3 is 2. The molecule has 1 aromatic rings. The van der Waals surface area contributed by atoms with Gasteiger partial charge in [0.2, 0.25) is 0 Å². The number of piperidine rings is 1. The molecule has 3 heterocycles. The smallest absolute Gasteiger partial charge is 0.325 e. The van der Waals surface area contributed by atoms with Crippen molar-refractivity contribution < 1.29 is 19.1 Å². The van der Waals surface area contributed by atoms with Gasteiger partial charge in [0.05, 0.1) is 19.8 Å². The van der Waals surface area contributed by atoms with Crippen molar-refractivity contribution in [2.45, 2.75) is 53.0 Å². The average molecular weight is 520 g/mol. The summed E-state index contributed by atoms with van der Waals surface area (Å²) >= 11 is 0. The van der Waals surface area contributed by atoms with Crippen LogP contribution in [0.15, 0.2) is 65.3 Å². The number of carbonyl (C=O) groups excluding carboxylic acids is 2. The molecule has 2 fully saturated rings. The maximum atomic E-state index is 13.8. The van der Waals surface area contributed by atoms with Crippen LogP contribution in [0.2, 0.25) is 0 Å². The van der Waals surface area contributed by atoms with Crippen molar-refractivity contribution in [3.05, 3.63) is 82.0 Å². The minimum Gasteiger partial charge on any atom is -0.497 e. The van der Waals surface area contributed by atoms with Crippen LogP contribution in [-0.4, -0.2) is 72.6 Å². The van der Waals surface area contributed by atoms with Crippen molar-refractivity contribution in [3.8, 4) is 0 Å². The topological polar surface area (TPSA) is 62.3 Å². The Morgan fingerprint density at radius 3 is 2.29 bits per heavy atom. The molecule has 1 aromatic carbocycles. The summed E-state index contributed by atoms with van der Waals surface area (Å²) in [5.74, 6) is 1.29. The van der Waals surface area contributed by atoms with E-state index in [1.165, 1.54) is 0 Å². The van der Waals surface area contributed by atoms with Crippen molar-refractivity contribution >= 4 is 11.9 Å². The molecule has 3 amide bonds. The van der Waals surface area contributed by atoms with Crippen LogP contribution in [-0.2, 0) is 9.47 Å². The number of aryl methyl sites for hydroxylation is 2. The fourth-order valence-corrected chi connectivity index (χ4v) is 6.46. The van der Waals surface area contributed by atoms with E-state index in [9.17, 15) is 9.59 Å². The molecule has 0 N–H and O–H groups in total. The highest BCUT2D eigenvalue weighted by Crippen LogP contribution is 2.47. The Kier molecular flexibility index (Phi) is 7.77. The molecule has 0 saturated carbocycles. The van der Waals surface area contributed by atoms with E-state index >= 15 is 0 Å². The molecule has 3 aliphatic rings. The van der Waals surface area contributed by atoms with Crippen molar-refractivity contribution in [2.24, 2.45) is 5.92 Å². The van der Waals surface area contributed by atoms with Gasteiger partial charge in [0, 0.05) is 55.0 Å². The summed E-state index contributed by atoms with van der Waals surface area (Å²) in [6.45, 7) is 16.5. The molecule has 1 spiro atoms. The van der Waals surface area contributed by atoms with Crippen LogP contribution in [0.5, 0.6) is 0 Å². The maximum absolute atomic E-state index is 13.8. The number of hydrogen-bond donors (Lipinski definition) is 0. The molecule has 3 aliphatic heterocycles. The number of nitrogens with zero attached hydrogens (tertiary/aromatic N) is 3. The molecular formula is C31H41N3O4. The second-order valence-electron chi connectivity index (χ2n) is 10.7. The van der Waals surface area contributed by atoms with Gasteiger partial charge in [0.25, 0.3) is 5.91 Å². The fourth-order valence-electron chi connectivity index (χ4n) is 6.46. The number of fused-ring (bicyclic) bond motifs is 2. The molecule has 204 valence electrons. The first-order valence-electron chi connectivity index (χ1n) is 13.4. The zero-order valence-electron chi connectivity index (χ0n) is 23.9. The van der Waals surface area contributed by atoms with Crippen LogP contribution in [0.1, 0.15) is 55.1 Å². The van der Waals surface area contributed by atoms with Crippen LogP contribution in [0.25, 0.3) is 0 Å². The van der Waals surface area contributed by atoms with Crippen LogP contribution in [0.3, 0.4) is 0 Å². The molecular weight excluding hydrogens is 478 g/mol. The van der Waals surface area contributed by atoms with Gasteiger partial charge in [-0.1, -0.05) is 36.8 Å². The summed E-state index contributed by atoms with van der Waals surface area (Å²) in [6, 6.07) is 6.04. The Morgan fingerprint density at radius 2 is 1.74 bits per heavy atom. The Hall–Kier alpha value is -3.48. The first-order valence-corrected chi connectivity index (χ1v) is 13.4.